The van der Waals surface area contributed by atoms with Gasteiger partial charge in [0.2, 0.25) is 10.0 Å². The minimum Gasteiger partial charge on any atom is -0.377 e. The Kier molecular flexibility index (Phi) is 6.89. The van der Waals surface area contributed by atoms with Gasteiger partial charge < -0.3 is 15.0 Å². The molecule has 1 atom stereocenters. The normalized spacial score (nSPS) is 19.4. The molecular weight excluding hydrogens is 414 g/mol. The van der Waals surface area contributed by atoms with Crippen molar-refractivity contribution in [2.24, 2.45) is 0 Å². The fraction of sp³-hybridized carbons (Fsp3) is 0.435. The largest absolute Gasteiger partial charge is 0.377 e. The highest BCUT2D eigenvalue weighted by Crippen LogP contribution is 2.22. The first kappa shape index (κ1) is 21.8. The van der Waals surface area contributed by atoms with E-state index >= 15 is 0 Å². The molecule has 4 rings (SSSR count). The predicted octanol–water partition coefficient (Wildman–Crippen LogP) is 3.39. The van der Waals surface area contributed by atoms with Crippen LogP contribution in [0.25, 0.3) is 0 Å². The third-order valence-corrected chi connectivity index (χ3v) is 7.24. The quantitative estimate of drug-likeness (QED) is 0.685. The summed E-state index contributed by atoms with van der Waals surface area (Å²) in [5, 5.41) is 2.87. The first-order valence-corrected chi connectivity index (χ1v) is 12.4. The van der Waals surface area contributed by atoms with Crippen molar-refractivity contribution in [1.82, 2.24) is 4.72 Å². The van der Waals surface area contributed by atoms with E-state index in [0.717, 1.165) is 25.9 Å². The summed E-state index contributed by atoms with van der Waals surface area (Å²) in [6.07, 6.45) is 5.47. The summed E-state index contributed by atoms with van der Waals surface area (Å²) in [5.74, 6) is -0.276. The number of benzene rings is 2. The first-order chi connectivity index (χ1) is 15.0. The van der Waals surface area contributed by atoms with Gasteiger partial charge in [-0.1, -0.05) is 0 Å². The number of piperidine rings is 1. The van der Waals surface area contributed by atoms with Crippen molar-refractivity contribution in [1.29, 1.82) is 0 Å². The van der Waals surface area contributed by atoms with Crippen LogP contribution < -0.4 is 14.9 Å². The maximum atomic E-state index is 12.6. The molecule has 1 unspecified atom stereocenters. The molecule has 0 bridgehead atoms. The highest BCUT2D eigenvalue weighted by Gasteiger charge is 2.20. The number of nitrogens with one attached hydrogen (secondary N) is 2. The molecule has 2 saturated heterocycles. The topological polar surface area (TPSA) is 87.7 Å². The molecule has 2 aliphatic heterocycles. The van der Waals surface area contributed by atoms with Crippen LogP contribution >= 0.6 is 0 Å². The zero-order valence-corrected chi connectivity index (χ0v) is 18.4. The summed E-state index contributed by atoms with van der Waals surface area (Å²) in [6.45, 7) is 3.09. The van der Waals surface area contributed by atoms with E-state index in [1.165, 1.54) is 49.2 Å². The van der Waals surface area contributed by atoms with Crippen molar-refractivity contribution in [2.45, 2.75) is 43.1 Å². The van der Waals surface area contributed by atoms with Crippen molar-refractivity contribution < 1.29 is 17.9 Å². The highest BCUT2D eigenvalue weighted by molar-refractivity contribution is 7.89. The second-order valence-electron chi connectivity index (χ2n) is 8.06. The van der Waals surface area contributed by atoms with Crippen LogP contribution in [-0.2, 0) is 14.8 Å². The lowest BCUT2D eigenvalue weighted by Gasteiger charge is -2.28. The SMILES string of the molecule is O=C(Nc1ccc(N2CCCCC2)cc1)c1ccc(S(=O)(=O)NCC2CCCO2)cc1. The van der Waals surface area contributed by atoms with Crippen molar-refractivity contribution in [2.75, 3.05) is 36.5 Å². The molecule has 1 amide bonds. The molecule has 2 heterocycles. The second kappa shape index (κ2) is 9.80. The molecular formula is C23H29N3O4S. The minimum atomic E-state index is -3.63. The molecule has 8 heteroatoms. The number of nitrogens with zero attached hydrogens (tertiary/aromatic N) is 1. The zero-order chi connectivity index (χ0) is 21.7. The average Bonchev–Trinajstić information content (AvgIpc) is 3.33. The smallest absolute Gasteiger partial charge is 0.255 e. The molecule has 0 spiro atoms. The van der Waals surface area contributed by atoms with Crippen molar-refractivity contribution in [3.05, 3.63) is 54.1 Å². The van der Waals surface area contributed by atoms with Gasteiger partial charge in [-0.25, -0.2) is 13.1 Å². The van der Waals surface area contributed by atoms with Crippen molar-refractivity contribution in [3.8, 4) is 0 Å². The Balaban J connectivity index is 1.34. The number of rotatable bonds is 7. The Morgan fingerprint density at radius 3 is 2.32 bits per heavy atom. The van der Waals surface area contributed by atoms with Crippen LogP contribution in [0.2, 0.25) is 0 Å². The summed E-state index contributed by atoms with van der Waals surface area (Å²) in [7, 11) is -3.63. The average molecular weight is 444 g/mol. The molecule has 2 aliphatic rings. The highest BCUT2D eigenvalue weighted by atomic mass is 32.2. The molecule has 2 fully saturated rings. The van der Waals surface area contributed by atoms with Crippen LogP contribution in [0.1, 0.15) is 42.5 Å². The number of sulfonamides is 1. The van der Waals surface area contributed by atoms with Crippen LogP contribution in [0, 0.1) is 0 Å². The molecule has 7 nitrogen and oxygen atoms in total. The van der Waals surface area contributed by atoms with Gasteiger partial charge in [0.05, 0.1) is 11.0 Å². The summed E-state index contributed by atoms with van der Waals surface area (Å²) in [5.41, 5.74) is 2.28. The standard InChI is InChI=1S/C23H29N3O4S/c27-23(25-19-8-10-20(11-9-19)26-14-2-1-3-15-26)18-6-12-22(13-7-18)31(28,29)24-17-21-5-4-16-30-21/h6-13,21,24H,1-5,14-17H2,(H,25,27). The van der Waals surface area contributed by atoms with Gasteiger partial charge in [-0.15, -0.1) is 0 Å². The van der Waals surface area contributed by atoms with Crippen molar-refractivity contribution >= 4 is 27.3 Å². The molecule has 0 aromatic heterocycles. The molecule has 2 aromatic rings. The van der Waals surface area contributed by atoms with Crippen LogP contribution in [-0.4, -0.2) is 46.7 Å². The van der Waals surface area contributed by atoms with Gasteiger partial charge in [-0.3, -0.25) is 4.79 Å². The Hall–Kier alpha value is -2.42. The number of hydrogen-bond acceptors (Lipinski definition) is 5. The number of carbonyl (C=O) groups is 1. The van der Waals surface area contributed by atoms with Gasteiger partial charge in [0.1, 0.15) is 0 Å². The number of hydrogen-bond donors (Lipinski definition) is 2. The first-order valence-electron chi connectivity index (χ1n) is 10.9. The molecule has 0 saturated carbocycles. The van der Waals surface area contributed by atoms with E-state index in [9.17, 15) is 13.2 Å². The Morgan fingerprint density at radius 1 is 0.968 bits per heavy atom. The predicted molar refractivity (Wildman–Crippen MR) is 121 cm³/mol. The number of anilines is 2. The van der Waals surface area contributed by atoms with Gasteiger partial charge >= 0.3 is 0 Å². The van der Waals surface area contributed by atoms with E-state index in [1.54, 1.807) is 0 Å². The van der Waals surface area contributed by atoms with Gasteiger partial charge in [0.25, 0.3) is 5.91 Å². The fourth-order valence-electron chi connectivity index (χ4n) is 3.99. The minimum absolute atomic E-state index is 0.0684. The monoisotopic (exact) mass is 443 g/mol. The van der Waals surface area contributed by atoms with E-state index in [1.807, 2.05) is 24.3 Å². The lowest BCUT2D eigenvalue weighted by atomic mass is 10.1. The maximum absolute atomic E-state index is 12.6. The van der Waals surface area contributed by atoms with Crippen LogP contribution in [0.5, 0.6) is 0 Å². The molecule has 2 aromatic carbocycles. The molecule has 0 aliphatic carbocycles. The van der Waals surface area contributed by atoms with Gasteiger partial charge in [-0.2, -0.15) is 0 Å². The Bertz CT molecular complexity index is 978. The van der Waals surface area contributed by atoms with E-state index in [2.05, 4.69) is 14.9 Å². The lowest BCUT2D eigenvalue weighted by molar-refractivity contribution is 0.102. The number of ether oxygens (including phenoxy) is 1. The summed E-state index contributed by atoms with van der Waals surface area (Å²) in [6, 6.07) is 13.8. The maximum Gasteiger partial charge on any atom is 0.255 e. The summed E-state index contributed by atoms with van der Waals surface area (Å²) >= 11 is 0. The molecule has 0 radical (unpaired) electrons. The fourth-order valence-corrected chi connectivity index (χ4v) is 5.05. The number of amides is 1. The van der Waals surface area contributed by atoms with E-state index in [4.69, 9.17) is 4.74 Å². The lowest BCUT2D eigenvalue weighted by Crippen LogP contribution is -2.31. The van der Waals surface area contributed by atoms with Gasteiger partial charge in [0.15, 0.2) is 0 Å². The molecule has 31 heavy (non-hydrogen) atoms. The van der Waals surface area contributed by atoms with Crippen LogP contribution in [0.4, 0.5) is 11.4 Å². The summed E-state index contributed by atoms with van der Waals surface area (Å²) < 4.78 is 32.9. The van der Waals surface area contributed by atoms with Crippen LogP contribution in [0.15, 0.2) is 53.4 Å². The Labute approximate surface area is 183 Å². The van der Waals surface area contributed by atoms with Crippen LogP contribution in [0.3, 0.4) is 0 Å². The third kappa shape index (κ3) is 5.64. The van der Waals surface area contributed by atoms with E-state index in [0.29, 0.717) is 17.9 Å². The second-order valence-corrected chi connectivity index (χ2v) is 9.83. The van der Waals surface area contributed by atoms with Gasteiger partial charge in [0, 0.05) is 43.2 Å². The molecule has 166 valence electrons. The van der Waals surface area contributed by atoms with E-state index < -0.39 is 10.0 Å². The summed E-state index contributed by atoms with van der Waals surface area (Å²) in [4.78, 5) is 15.1. The van der Waals surface area contributed by atoms with E-state index in [-0.39, 0.29) is 23.5 Å². The zero-order valence-electron chi connectivity index (χ0n) is 17.5. The Morgan fingerprint density at radius 2 is 1.68 bits per heavy atom. The third-order valence-electron chi connectivity index (χ3n) is 5.80. The number of carbonyl (C=O) groups excluding carboxylic acids is 1. The van der Waals surface area contributed by atoms with Gasteiger partial charge in [-0.05, 0) is 80.6 Å². The molecule has 2 N–H and O–H groups in total. The van der Waals surface area contributed by atoms with Crippen molar-refractivity contribution in [3.63, 3.8) is 0 Å².